The minimum absolute atomic E-state index is 0.399. The van der Waals surface area contributed by atoms with Crippen molar-refractivity contribution in [2.45, 2.75) is 71.2 Å². The van der Waals surface area contributed by atoms with Gasteiger partial charge >= 0.3 is 11.9 Å². The average Bonchev–Trinajstić information content (AvgIpc) is 2.45. The molecule has 1 saturated heterocycles. The van der Waals surface area contributed by atoms with E-state index in [1.807, 2.05) is 6.92 Å². The van der Waals surface area contributed by atoms with Crippen LogP contribution in [0.2, 0.25) is 0 Å². The molecule has 5 atom stereocenters. The summed E-state index contributed by atoms with van der Waals surface area (Å²) in [5, 5.41) is 3.69. The molecule has 23 heavy (non-hydrogen) atoms. The van der Waals surface area contributed by atoms with Gasteiger partial charge in [0.1, 0.15) is 6.10 Å². The number of hydrogen-bond donors (Lipinski definition) is 0. The number of hydrogen-bond acceptors (Lipinski definition) is 7. The van der Waals surface area contributed by atoms with Crippen LogP contribution in [-0.2, 0) is 28.5 Å². The molecule has 0 aromatic heterocycles. The molecular formula is C14H23N3O6. The molecule has 1 fully saturated rings. The summed E-state index contributed by atoms with van der Waals surface area (Å²) >= 11 is 0. The first-order valence-electron chi connectivity index (χ1n) is 7.56. The predicted molar refractivity (Wildman–Crippen MR) is 79.2 cm³/mol. The molecule has 1 aliphatic heterocycles. The normalized spacial score (nSPS) is 30.2. The Morgan fingerprint density at radius 3 is 2.39 bits per heavy atom. The van der Waals surface area contributed by atoms with Crippen LogP contribution < -0.4 is 0 Å². The quantitative estimate of drug-likeness (QED) is 0.232. The molecule has 0 spiro atoms. The monoisotopic (exact) mass is 329 g/mol. The summed E-state index contributed by atoms with van der Waals surface area (Å²) in [4.78, 5) is 25.5. The lowest BCUT2D eigenvalue weighted by Gasteiger charge is -2.42. The molecule has 130 valence electrons. The van der Waals surface area contributed by atoms with E-state index in [4.69, 9.17) is 24.5 Å². The van der Waals surface area contributed by atoms with Crippen molar-refractivity contribution in [3.8, 4) is 0 Å². The van der Waals surface area contributed by atoms with Crippen LogP contribution in [0.4, 0.5) is 0 Å². The molecule has 0 aromatic rings. The van der Waals surface area contributed by atoms with Gasteiger partial charge in [-0.1, -0.05) is 18.5 Å². The summed E-state index contributed by atoms with van der Waals surface area (Å²) in [5.74, 6) is -1.15. The maximum atomic E-state index is 11.4. The summed E-state index contributed by atoms with van der Waals surface area (Å²) in [6, 6.07) is -0.701. The molecule has 9 nitrogen and oxygen atoms in total. The highest BCUT2D eigenvalue weighted by atomic mass is 16.7. The van der Waals surface area contributed by atoms with Crippen molar-refractivity contribution in [1.82, 2.24) is 0 Å². The van der Waals surface area contributed by atoms with Crippen LogP contribution in [0, 0.1) is 0 Å². The van der Waals surface area contributed by atoms with Gasteiger partial charge in [0.25, 0.3) is 0 Å². The molecule has 0 amide bonds. The number of rotatable bonds is 7. The molecule has 0 aromatic carbocycles. The van der Waals surface area contributed by atoms with Gasteiger partial charge in [0.2, 0.25) is 6.29 Å². The SMILES string of the molecule is CCCCOC1C(OC(C)=O)C(OC(C)=O)OC(C)[C@H]1N=[N+]=[N-]. The Morgan fingerprint density at radius 2 is 1.87 bits per heavy atom. The van der Waals surface area contributed by atoms with Gasteiger partial charge in [-0.05, 0) is 18.9 Å². The highest BCUT2D eigenvalue weighted by Crippen LogP contribution is 2.29. The van der Waals surface area contributed by atoms with Crippen LogP contribution in [0.3, 0.4) is 0 Å². The lowest BCUT2D eigenvalue weighted by atomic mass is 9.97. The molecular weight excluding hydrogens is 306 g/mol. The molecule has 0 radical (unpaired) electrons. The van der Waals surface area contributed by atoms with Gasteiger partial charge in [-0.2, -0.15) is 0 Å². The molecule has 1 aliphatic rings. The maximum Gasteiger partial charge on any atom is 0.305 e. The number of esters is 2. The predicted octanol–water partition coefficient (Wildman–Crippen LogP) is 2.09. The number of nitrogens with zero attached hydrogens (tertiary/aromatic N) is 3. The van der Waals surface area contributed by atoms with Crippen LogP contribution in [0.1, 0.15) is 40.5 Å². The Morgan fingerprint density at radius 1 is 1.22 bits per heavy atom. The second-order valence-electron chi connectivity index (χ2n) is 5.28. The first kappa shape index (κ1) is 19.2. The summed E-state index contributed by atoms with van der Waals surface area (Å²) in [5.41, 5.74) is 8.76. The number of carbonyl (C=O) groups is 2. The Bertz CT molecular complexity index is 465. The van der Waals surface area contributed by atoms with Crippen LogP contribution in [-0.4, -0.2) is 49.2 Å². The molecule has 0 saturated carbocycles. The van der Waals surface area contributed by atoms with Gasteiger partial charge in [-0.15, -0.1) is 0 Å². The Labute approximate surface area is 134 Å². The number of ether oxygens (including phenoxy) is 4. The molecule has 0 aliphatic carbocycles. The maximum absolute atomic E-state index is 11.4. The summed E-state index contributed by atoms with van der Waals surface area (Å²) in [7, 11) is 0. The van der Waals surface area contributed by atoms with Gasteiger partial charge in [0.15, 0.2) is 6.10 Å². The van der Waals surface area contributed by atoms with Gasteiger partial charge < -0.3 is 18.9 Å². The zero-order chi connectivity index (χ0) is 17.4. The Hall–Kier alpha value is -1.83. The minimum Gasteiger partial charge on any atom is -0.453 e. The minimum atomic E-state index is -1.11. The van der Waals surface area contributed by atoms with E-state index in [1.165, 1.54) is 13.8 Å². The molecule has 4 unspecified atom stereocenters. The van der Waals surface area contributed by atoms with Crippen LogP contribution in [0.15, 0.2) is 5.11 Å². The highest BCUT2D eigenvalue weighted by molar-refractivity contribution is 5.67. The lowest BCUT2D eigenvalue weighted by molar-refractivity contribution is -0.272. The Kier molecular flexibility index (Phi) is 7.80. The van der Waals surface area contributed by atoms with E-state index in [0.717, 1.165) is 12.8 Å². The first-order valence-corrected chi connectivity index (χ1v) is 7.56. The van der Waals surface area contributed by atoms with Gasteiger partial charge in [-0.3, -0.25) is 9.59 Å². The third kappa shape index (κ3) is 5.70. The van der Waals surface area contributed by atoms with Gasteiger partial charge in [-0.25, -0.2) is 0 Å². The van der Waals surface area contributed by atoms with E-state index in [1.54, 1.807) is 6.92 Å². The largest absolute Gasteiger partial charge is 0.453 e. The molecule has 1 rings (SSSR count). The van der Waals surface area contributed by atoms with E-state index < -0.39 is 42.6 Å². The van der Waals surface area contributed by atoms with Crippen molar-refractivity contribution in [3.63, 3.8) is 0 Å². The fourth-order valence-electron chi connectivity index (χ4n) is 2.33. The van der Waals surface area contributed by atoms with Crippen molar-refractivity contribution < 1.29 is 28.5 Å². The third-order valence-electron chi connectivity index (χ3n) is 3.34. The fourth-order valence-corrected chi connectivity index (χ4v) is 2.33. The second-order valence-corrected chi connectivity index (χ2v) is 5.28. The number of carbonyl (C=O) groups excluding carboxylic acids is 2. The fraction of sp³-hybridized carbons (Fsp3) is 0.857. The molecule has 0 bridgehead atoms. The van der Waals surface area contributed by atoms with Crippen LogP contribution in [0.25, 0.3) is 10.4 Å². The zero-order valence-corrected chi connectivity index (χ0v) is 13.8. The van der Waals surface area contributed by atoms with Crippen LogP contribution in [0.5, 0.6) is 0 Å². The average molecular weight is 329 g/mol. The van der Waals surface area contributed by atoms with E-state index >= 15 is 0 Å². The van der Waals surface area contributed by atoms with E-state index in [2.05, 4.69) is 10.0 Å². The van der Waals surface area contributed by atoms with E-state index in [0.29, 0.717) is 6.61 Å². The molecule has 9 heteroatoms. The number of azide groups is 1. The standard InChI is InChI=1S/C14H23N3O6/c1-5-6-7-20-12-11(16-17-15)8(2)21-14(23-10(4)19)13(12)22-9(3)18/h8,11-14H,5-7H2,1-4H3/t8?,11-,12?,13?,14?/m1/s1. The number of unbranched alkanes of at least 4 members (excludes halogenated alkanes) is 1. The van der Waals surface area contributed by atoms with Gasteiger partial charge in [0, 0.05) is 25.4 Å². The van der Waals surface area contributed by atoms with Crippen LogP contribution >= 0.6 is 0 Å². The van der Waals surface area contributed by atoms with Crippen molar-refractivity contribution in [3.05, 3.63) is 10.4 Å². The topological polar surface area (TPSA) is 120 Å². The molecule has 0 N–H and O–H groups in total. The lowest BCUT2D eigenvalue weighted by Crippen LogP contribution is -2.59. The van der Waals surface area contributed by atoms with Crippen molar-refractivity contribution in [1.29, 1.82) is 0 Å². The first-order chi connectivity index (χ1) is 10.9. The second kappa shape index (κ2) is 9.34. The summed E-state index contributed by atoms with van der Waals surface area (Å²) in [6.45, 7) is 6.54. The molecule has 1 heterocycles. The zero-order valence-electron chi connectivity index (χ0n) is 13.8. The van der Waals surface area contributed by atoms with Crippen molar-refractivity contribution in [2.24, 2.45) is 5.11 Å². The van der Waals surface area contributed by atoms with Crippen molar-refractivity contribution in [2.75, 3.05) is 6.61 Å². The van der Waals surface area contributed by atoms with Gasteiger partial charge in [0.05, 0.1) is 12.1 Å². The summed E-state index contributed by atoms with van der Waals surface area (Å²) < 4.78 is 21.6. The van der Waals surface area contributed by atoms with E-state index in [-0.39, 0.29) is 0 Å². The highest BCUT2D eigenvalue weighted by Gasteiger charge is 2.48. The third-order valence-corrected chi connectivity index (χ3v) is 3.34. The summed E-state index contributed by atoms with van der Waals surface area (Å²) in [6.07, 6.45) is -1.72. The Balaban J connectivity index is 3.06. The van der Waals surface area contributed by atoms with Crippen molar-refractivity contribution >= 4 is 11.9 Å². The van der Waals surface area contributed by atoms with E-state index in [9.17, 15) is 9.59 Å². The smallest absolute Gasteiger partial charge is 0.305 e.